The van der Waals surface area contributed by atoms with Crippen molar-refractivity contribution >= 4 is 28.0 Å². The van der Waals surface area contributed by atoms with Crippen molar-refractivity contribution in [1.82, 2.24) is 34.7 Å². The fourth-order valence-electron chi connectivity index (χ4n) is 3.13. The summed E-state index contributed by atoms with van der Waals surface area (Å²) in [6.07, 6.45) is 1.90. The molecule has 0 fully saturated rings. The molecule has 5 aromatic rings. The Kier molecular flexibility index (Phi) is 3.44. The van der Waals surface area contributed by atoms with E-state index < -0.39 is 5.69 Å². The zero-order chi connectivity index (χ0) is 19.3. The average Bonchev–Trinajstić information content (AvgIpc) is 3.24. The number of halogens is 1. The van der Waals surface area contributed by atoms with Crippen LogP contribution in [0.5, 0.6) is 0 Å². The van der Waals surface area contributed by atoms with Crippen LogP contribution in [-0.4, -0.2) is 34.7 Å². The third-order valence-electron chi connectivity index (χ3n) is 4.41. The number of aromatic nitrogens is 7. The van der Waals surface area contributed by atoms with Gasteiger partial charge in [-0.1, -0.05) is 18.2 Å². The van der Waals surface area contributed by atoms with E-state index in [1.807, 2.05) is 6.07 Å². The van der Waals surface area contributed by atoms with E-state index in [-0.39, 0.29) is 29.7 Å². The quantitative estimate of drug-likeness (QED) is 0.439. The van der Waals surface area contributed by atoms with Gasteiger partial charge < -0.3 is 10.7 Å². The number of nitrogens with two attached hydrogens (primary N) is 1. The van der Waals surface area contributed by atoms with Crippen LogP contribution in [0.1, 0.15) is 11.3 Å². The van der Waals surface area contributed by atoms with Gasteiger partial charge in [0.2, 0.25) is 0 Å². The van der Waals surface area contributed by atoms with Crippen molar-refractivity contribution in [2.45, 2.75) is 6.42 Å². The summed E-state index contributed by atoms with van der Waals surface area (Å²) in [5, 5.41) is 4.56. The molecule has 0 saturated carbocycles. The summed E-state index contributed by atoms with van der Waals surface area (Å²) in [5.74, 6) is -0.0208. The molecule has 0 amide bonds. The molecular formula is C18H13FN8O. The molecule has 0 saturated heterocycles. The van der Waals surface area contributed by atoms with Crippen LogP contribution in [0.4, 0.5) is 10.2 Å². The molecule has 0 atom stereocenters. The third kappa shape index (κ3) is 2.50. The molecule has 1 aromatic carbocycles. The Morgan fingerprint density at radius 2 is 1.96 bits per heavy atom. The number of pyridine rings is 1. The van der Waals surface area contributed by atoms with E-state index in [9.17, 15) is 9.18 Å². The Bertz CT molecular complexity index is 1400. The molecule has 0 spiro atoms. The van der Waals surface area contributed by atoms with Gasteiger partial charge in [0.25, 0.3) is 5.95 Å². The highest BCUT2D eigenvalue weighted by molar-refractivity contribution is 5.83. The Morgan fingerprint density at radius 3 is 2.82 bits per heavy atom. The van der Waals surface area contributed by atoms with Crippen LogP contribution in [0, 0.1) is 5.82 Å². The minimum Gasteiger partial charge on any atom is -0.382 e. The van der Waals surface area contributed by atoms with Gasteiger partial charge in [-0.25, -0.2) is 9.18 Å². The second kappa shape index (κ2) is 5.98. The van der Waals surface area contributed by atoms with E-state index in [0.29, 0.717) is 27.8 Å². The predicted molar refractivity (Wildman–Crippen MR) is 101 cm³/mol. The second-order valence-electron chi connectivity index (χ2n) is 6.21. The number of fused-ring (bicyclic) bond motifs is 2. The van der Waals surface area contributed by atoms with Crippen LogP contribution in [0.2, 0.25) is 0 Å². The fourth-order valence-corrected chi connectivity index (χ4v) is 3.13. The minimum absolute atomic E-state index is 0.113. The number of nitrogens with one attached hydrogen (secondary N) is 2. The van der Waals surface area contributed by atoms with Crippen molar-refractivity contribution in [1.29, 1.82) is 0 Å². The molecule has 5 rings (SSSR count). The zero-order valence-electron chi connectivity index (χ0n) is 14.3. The smallest absolute Gasteiger partial charge is 0.325 e. The highest BCUT2D eigenvalue weighted by atomic mass is 19.1. The number of aromatic amines is 2. The van der Waals surface area contributed by atoms with Crippen LogP contribution in [0.3, 0.4) is 0 Å². The van der Waals surface area contributed by atoms with Gasteiger partial charge in [-0.3, -0.25) is 9.97 Å². The standard InChI is InChI=1S/C18H13FN8O/c19-10-5-2-1-4-9(10)8-11-13-12(6-3-7-21-13)27(26-11)17-23-15(20)14-16(24-17)25-18(28)22-14/h1-7H,8H2,(H4,20,22,23,24,25,28). The monoisotopic (exact) mass is 376 g/mol. The van der Waals surface area contributed by atoms with Crippen molar-refractivity contribution < 1.29 is 4.39 Å². The molecule has 0 aliphatic carbocycles. The van der Waals surface area contributed by atoms with Gasteiger partial charge in [0.05, 0.1) is 11.2 Å². The largest absolute Gasteiger partial charge is 0.382 e. The summed E-state index contributed by atoms with van der Waals surface area (Å²) in [5.41, 5.74) is 8.46. The summed E-state index contributed by atoms with van der Waals surface area (Å²) in [4.78, 5) is 29.6. The highest BCUT2D eigenvalue weighted by Gasteiger charge is 2.18. The van der Waals surface area contributed by atoms with E-state index in [0.717, 1.165) is 0 Å². The van der Waals surface area contributed by atoms with Gasteiger partial charge in [0, 0.05) is 12.6 Å². The highest BCUT2D eigenvalue weighted by Crippen LogP contribution is 2.23. The summed E-state index contributed by atoms with van der Waals surface area (Å²) < 4.78 is 15.6. The topological polar surface area (TPSA) is 131 Å². The molecular weight excluding hydrogens is 363 g/mol. The van der Waals surface area contributed by atoms with Gasteiger partial charge in [0.1, 0.15) is 16.9 Å². The molecule has 0 unspecified atom stereocenters. The van der Waals surface area contributed by atoms with Crippen molar-refractivity contribution in [2.75, 3.05) is 5.73 Å². The predicted octanol–water partition coefficient (Wildman–Crippen LogP) is 1.69. The maximum atomic E-state index is 14.1. The summed E-state index contributed by atoms with van der Waals surface area (Å²) in [6.45, 7) is 0. The van der Waals surface area contributed by atoms with Gasteiger partial charge >= 0.3 is 5.69 Å². The lowest BCUT2D eigenvalue weighted by atomic mass is 10.1. The maximum Gasteiger partial charge on any atom is 0.325 e. The maximum absolute atomic E-state index is 14.1. The first-order chi connectivity index (χ1) is 13.6. The molecule has 28 heavy (non-hydrogen) atoms. The first-order valence-corrected chi connectivity index (χ1v) is 8.42. The Labute approximate surface area is 156 Å². The average molecular weight is 376 g/mol. The normalized spacial score (nSPS) is 11.5. The summed E-state index contributed by atoms with van der Waals surface area (Å²) >= 11 is 0. The number of nitrogen functional groups attached to an aromatic ring is 1. The van der Waals surface area contributed by atoms with E-state index in [4.69, 9.17) is 5.73 Å². The van der Waals surface area contributed by atoms with Gasteiger partial charge in [-0.05, 0) is 23.8 Å². The number of anilines is 1. The lowest BCUT2D eigenvalue weighted by Gasteiger charge is -2.03. The molecule has 0 radical (unpaired) electrons. The lowest BCUT2D eigenvalue weighted by molar-refractivity contribution is 0.613. The van der Waals surface area contributed by atoms with Gasteiger partial charge in [-0.15, -0.1) is 0 Å². The summed E-state index contributed by atoms with van der Waals surface area (Å²) in [7, 11) is 0. The Balaban J connectivity index is 1.71. The SMILES string of the molecule is Nc1nc(-n2nc(Cc3ccccc3F)c3ncccc32)nc2[nH]c(=O)[nH]c12. The van der Waals surface area contributed by atoms with E-state index in [1.54, 1.807) is 30.5 Å². The van der Waals surface area contributed by atoms with Crippen LogP contribution in [-0.2, 0) is 6.42 Å². The number of benzene rings is 1. The van der Waals surface area contributed by atoms with Gasteiger partial charge in [-0.2, -0.15) is 19.7 Å². The number of H-pyrrole nitrogens is 2. The molecule has 138 valence electrons. The van der Waals surface area contributed by atoms with E-state index in [1.165, 1.54) is 10.7 Å². The number of rotatable bonds is 3. The van der Waals surface area contributed by atoms with Crippen LogP contribution in [0.25, 0.3) is 28.1 Å². The Hall–Kier alpha value is -4.08. The van der Waals surface area contributed by atoms with E-state index in [2.05, 4.69) is 30.0 Å². The lowest BCUT2D eigenvalue weighted by Crippen LogP contribution is -2.06. The van der Waals surface area contributed by atoms with Crippen molar-refractivity contribution in [2.24, 2.45) is 0 Å². The molecule has 9 nitrogen and oxygen atoms in total. The van der Waals surface area contributed by atoms with Crippen LogP contribution < -0.4 is 11.4 Å². The van der Waals surface area contributed by atoms with E-state index >= 15 is 0 Å². The second-order valence-corrected chi connectivity index (χ2v) is 6.21. The molecule has 4 N–H and O–H groups in total. The zero-order valence-corrected chi connectivity index (χ0v) is 14.3. The van der Waals surface area contributed by atoms with Crippen molar-refractivity contribution in [3.05, 3.63) is 70.2 Å². The van der Waals surface area contributed by atoms with Crippen molar-refractivity contribution in [3.63, 3.8) is 0 Å². The number of hydrogen-bond acceptors (Lipinski definition) is 6. The first-order valence-electron chi connectivity index (χ1n) is 8.42. The molecule has 0 bridgehead atoms. The number of hydrogen-bond donors (Lipinski definition) is 3. The Morgan fingerprint density at radius 1 is 1.11 bits per heavy atom. The molecule has 4 heterocycles. The molecule has 10 heteroatoms. The first kappa shape index (κ1) is 16.1. The number of imidazole rings is 1. The third-order valence-corrected chi connectivity index (χ3v) is 4.41. The summed E-state index contributed by atoms with van der Waals surface area (Å²) in [6, 6.07) is 10.1. The van der Waals surface area contributed by atoms with Gasteiger partial charge in [0.15, 0.2) is 11.5 Å². The fraction of sp³-hybridized carbons (Fsp3) is 0.0556. The van der Waals surface area contributed by atoms with Crippen molar-refractivity contribution in [3.8, 4) is 5.95 Å². The molecule has 4 aromatic heterocycles. The molecule has 0 aliphatic heterocycles. The molecule has 0 aliphatic rings. The minimum atomic E-state index is -0.430. The van der Waals surface area contributed by atoms with Crippen LogP contribution >= 0.6 is 0 Å². The number of nitrogens with zero attached hydrogens (tertiary/aromatic N) is 5. The van der Waals surface area contributed by atoms with Crippen LogP contribution in [0.15, 0.2) is 47.4 Å².